The molecule has 110 valence electrons. The van der Waals surface area contributed by atoms with Gasteiger partial charge in [0, 0.05) is 12.8 Å². The van der Waals surface area contributed by atoms with Crippen LogP contribution in [-0.2, 0) is 20.7 Å². The highest BCUT2D eigenvalue weighted by molar-refractivity contribution is 5.75. The highest BCUT2D eigenvalue weighted by Crippen LogP contribution is 2.09. The zero-order chi connectivity index (χ0) is 14.8. The molecule has 0 fully saturated rings. The van der Waals surface area contributed by atoms with Crippen molar-refractivity contribution in [2.75, 3.05) is 0 Å². The number of rotatable bonds is 9. The van der Waals surface area contributed by atoms with E-state index >= 15 is 0 Å². The summed E-state index contributed by atoms with van der Waals surface area (Å²) >= 11 is 0. The van der Waals surface area contributed by atoms with Gasteiger partial charge in [0.1, 0.15) is 5.78 Å². The first kappa shape index (κ1) is 16.4. The molecule has 0 saturated carbocycles. The molecule has 1 rings (SSSR count). The second-order valence-corrected chi connectivity index (χ2v) is 5.23. The van der Waals surface area contributed by atoms with E-state index in [1.54, 1.807) is 6.92 Å². The van der Waals surface area contributed by atoms with Crippen molar-refractivity contribution in [1.82, 2.24) is 0 Å². The highest BCUT2D eigenvalue weighted by Gasteiger charge is 2.09. The van der Waals surface area contributed by atoms with Crippen LogP contribution < -0.4 is 0 Å². The maximum atomic E-state index is 11.6. The number of ether oxygens (including phenoxy) is 1. The second-order valence-electron chi connectivity index (χ2n) is 5.23. The smallest absolute Gasteiger partial charge is 0.306 e. The average Bonchev–Trinajstić information content (AvgIpc) is 2.42. The molecule has 0 radical (unpaired) electrons. The monoisotopic (exact) mass is 276 g/mol. The van der Waals surface area contributed by atoms with Crippen LogP contribution in [0.1, 0.15) is 51.5 Å². The van der Waals surface area contributed by atoms with E-state index in [1.807, 2.05) is 25.1 Å². The van der Waals surface area contributed by atoms with E-state index < -0.39 is 0 Å². The molecule has 0 aliphatic carbocycles. The van der Waals surface area contributed by atoms with Gasteiger partial charge in [0.2, 0.25) is 0 Å². The van der Waals surface area contributed by atoms with Crippen LogP contribution in [0.15, 0.2) is 30.3 Å². The third-order valence-electron chi connectivity index (χ3n) is 3.17. The minimum atomic E-state index is -0.158. The van der Waals surface area contributed by atoms with Gasteiger partial charge in [0.25, 0.3) is 0 Å². The van der Waals surface area contributed by atoms with E-state index in [0.29, 0.717) is 12.8 Å². The van der Waals surface area contributed by atoms with E-state index in [4.69, 9.17) is 4.74 Å². The van der Waals surface area contributed by atoms with Crippen LogP contribution >= 0.6 is 0 Å². The van der Waals surface area contributed by atoms with Crippen molar-refractivity contribution in [3.05, 3.63) is 35.9 Å². The molecule has 0 spiro atoms. The number of hydrogen-bond acceptors (Lipinski definition) is 3. The van der Waals surface area contributed by atoms with Gasteiger partial charge in [-0.1, -0.05) is 30.3 Å². The number of hydrogen-bond donors (Lipinski definition) is 0. The first-order valence-electron chi connectivity index (χ1n) is 7.31. The highest BCUT2D eigenvalue weighted by atomic mass is 16.5. The van der Waals surface area contributed by atoms with Crippen LogP contribution in [0.4, 0.5) is 0 Å². The van der Waals surface area contributed by atoms with E-state index in [0.717, 1.165) is 25.7 Å². The molecule has 0 saturated heterocycles. The van der Waals surface area contributed by atoms with Crippen molar-refractivity contribution in [2.45, 2.75) is 58.5 Å². The number of Topliss-reactive ketones (excluding diaryl/α,β-unsaturated/α-hetero) is 1. The minimum Gasteiger partial charge on any atom is -0.463 e. The van der Waals surface area contributed by atoms with Crippen LogP contribution in [0.5, 0.6) is 0 Å². The summed E-state index contributed by atoms with van der Waals surface area (Å²) in [6.45, 7) is 3.50. The van der Waals surface area contributed by atoms with E-state index in [2.05, 4.69) is 12.1 Å². The summed E-state index contributed by atoms with van der Waals surface area (Å²) in [5, 5.41) is 0. The van der Waals surface area contributed by atoms with Crippen LogP contribution in [0, 0.1) is 0 Å². The molecule has 0 N–H and O–H groups in total. The number of carbonyl (C=O) groups is 2. The lowest BCUT2D eigenvalue weighted by Crippen LogP contribution is -2.15. The number of carbonyl (C=O) groups excluding carboxylic acids is 2. The predicted molar refractivity (Wildman–Crippen MR) is 79.5 cm³/mol. The third kappa shape index (κ3) is 7.72. The van der Waals surface area contributed by atoms with Gasteiger partial charge in [-0.2, -0.15) is 0 Å². The molecule has 1 aromatic carbocycles. The zero-order valence-electron chi connectivity index (χ0n) is 12.4. The van der Waals surface area contributed by atoms with Crippen LogP contribution in [-0.4, -0.2) is 17.9 Å². The van der Waals surface area contributed by atoms with Crippen LogP contribution in [0.2, 0.25) is 0 Å². The van der Waals surface area contributed by atoms with E-state index in [-0.39, 0.29) is 17.9 Å². The molecule has 0 aliphatic rings. The minimum absolute atomic E-state index is 0.0597. The molecule has 0 heterocycles. The molecule has 1 aromatic rings. The summed E-state index contributed by atoms with van der Waals surface area (Å²) in [7, 11) is 0. The maximum absolute atomic E-state index is 11.6. The van der Waals surface area contributed by atoms with Crippen molar-refractivity contribution in [3.63, 3.8) is 0 Å². The Bertz CT molecular complexity index is 412. The summed E-state index contributed by atoms with van der Waals surface area (Å²) in [5.41, 5.74) is 1.26. The molecular formula is C17H24O3. The van der Waals surface area contributed by atoms with Gasteiger partial charge in [-0.15, -0.1) is 0 Å². The quantitative estimate of drug-likeness (QED) is 0.510. The van der Waals surface area contributed by atoms with Gasteiger partial charge in [-0.25, -0.2) is 0 Å². The Kier molecular flexibility index (Phi) is 7.63. The molecule has 20 heavy (non-hydrogen) atoms. The Morgan fingerprint density at radius 1 is 1.10 bits per heavy atom. The zero-order valence-corrected chi connectivity index (χ0v) is 12.4. The molecule has 0 bridgehead atoms. The summed E-state index contributed by atoms with van der Waals surface area (Å²) in [4.78, 5) is 22.4. The average molecular weight is 276 g/mol. The number of benzene rings is 1. The SMILES string of the molecule is CC(=O)CCCCC(=O)OC(C)CCc1ccccc1. The second kappa shape index (κ2) is 9.29. The number of aryl methyl sites for hydroxylation is 1. The van der Waals surface area contributed by atoms with Gasteiger partial charge in [0.15, 0.2) is 0 Å². The van der Waals surface area contributed by atoms with Gasteiger partial charge < -0.3 is 9.53 Å². The Balaban J connectivity index is 2.13. The lowest BCUT2D eigenvalue weighted by atomic mass is 10.1. The fourth-order valence-electron chi connectivity index (χ4n) is 2.00. The molecule has 3 nitrogen and oxygen atoms in total. The van der Waals surface area contributed by atoms with Crippen molar-refractivity contribution < 1.29 is 14.3 Å². The Labute approximate surface area is 121 Å². The molecule has 0 amide bonds. The maximum Gasteiger partial charge on any atom is 0.306 e. The largest absolute Gasteiger partial charge is 0.463 e. The molecular weight excluding hydrogens is 252 g/mol. The summed E-state index contributed by atoms with van der Waals surface area (Å²) in [6, 6.07) is 10.2. The number of ketones is 1. The van der Waals surface area contributed by atoms with Gasteiger partial charge in [0.05, 0.1) is 6.10 Å². The van der Waals surface area contributed by atoms with Crippen LogP contribution in [0.25, 0.3) is 0 Å². The van der Waals surface area contributed by atoms with Gasteiger partial charge in [-0.05, 0) is 45.1 Å². The van der Waals surface area contributed by atoms with E-state index in [1.165, 1.54) is 5.56 Å². The lowest BCUT2D eigenvalue weighted by molar-refractivity contribution is -0.148. The lowest BCUT2D eigenvalue weighted by Gasteiger charge is -2.13. The van der Waals surface area contributed by atoms with Crippen molar-refractivity contribution in [3.8, 4) is 0 Å². The first-order valence-corrected chi connectivity index (χ1v) is 7.31. The number of unbranched alkanes of at least 4 members (excludes halogenated alkanes) is 1. The summed E-state index contributed by atoms with van der Waals surface area (Å²) < 4.78 is 5.36. The Morgan fingerprint density at radius 3 is 2.40 bits per heavy atom. The third-order valence-corrected chi connectivity index (χ3v) is 3.17. The summed E-state index contributed by atoms with van der Waals surface area (Å²) in [5.74, 6) is 0.0173. The molecule has 0 aliphatic heterocycles. The fourth-order valence-corrected chi connectivity index (χ4v) is 2.00. The molecule has 1 unspecified atom stereocenters. The van der Waals surface area contributed by atoms with E-state index in [9.17, 15) is 9.59 Å². The predicted octanol–water partition coefficient (Wildman–Crippen LogP) is 3.70. The molecule has 3 heteroatoms. The van der Waals surface area contributed by atoms with Crippen molar-refractivity contribution in [1.29, 1.82) is 0 Å². The Hall–Kier alpha value is -1.64. The van der Waals surface area contributed by atoms with Crippen molar-refractivity contribution >= 4 is 11.8 Å². The topological polar surface area (TPSA) is 43.4 Å². The standard InChI is InChI=1S/C17H24O3/c1-14(18)8-6-7-11-17(19)20-15(2)12-13-16-9-4-3-5-10-16/h3-5,9-10,15H,6-8,11-13H2,1-2H3. The van der Waals surface area contributed by atoms with Gasteiger partial charge in [-0.3, -0.25) is 4.79 Å². The number of esters is 1. The van der Waals surface area contributed by atoms with Crippen molar-refractivity contribution in [2.24, 2.45) is 0 Å². The first-order chi connectivity index (χ1) is 9.58. The van der Waals surface area contributed by atoms with Crippen LogP contribution in [0.3, 0.4) is 0 Å². The molecule has 1 atom stereocenters. The summed E-state index contributed by atoms with van der Waals surface area (Å²) in [6.07, 6.45) is 4.14. The fraction of sp³-hybridized carbons (Fsp3) is 0.529. The Morgan fingerprint density at radius 2 is 1.75 bits per heavy atom. The molecule has 0 aromatic heterocycles. The van der Waals surface area contributed by atoms with Gasteiger partial charge >= 0.3 is 5.97 Å². The normalized spacial score (nSPS) is 11.9.